The van der Waals surface area contributed by atoms with E-state index in [4.69, 9.17) is 9.84 Å². The number of aliphatic hydroxyl groups is 1. The summed E-state index contributed by atoms with van der Waals surface area (Å²) in [4.78, 5) is 26.0. The maximum absolute atomic E-state index is 11.9. The fourth-order valence-electron chi connectivity index (χ4n) is 1.92. The van der Waals surface area contributed by atoms with Gasteiger partial charge in [-0.25, -0.2) is 4.79 Å². The van der Waals surface area contributed by atoms with Crippen molar-refractivity contribution < 1.29 is 9.84 Å². The van der Waals surface area contributed by atoms with Crippen LogP contribution in [-0.2, 0) is 17.9 Å². The molecule has 0 saturated carbocycles. The summed E-state index contributed by atoms with van der Waals surface area (Å²) in [6, 6.07) is 9.54. The maximum Gasteiger partial charge on any atom is 0.330 e. The third kappa shape index (κ3) is 4.52. The molecule has 2 aromatic rings. The number of nitrogens with zero attached hydrogens (tertiary/aromatic N) is 1. The van der Waals surface area contributed by atoms with Gasteiger partial charge in [-0.2, -0.15) is 0 Å². The van der Waals surface area contributed by atoms with Crippen molar-refractivity contribution in [2.45, 2.75) is 19.3 Å². The Kier molecular flexibility index (Phi) is 6.34. The van der Waals surface area contributed by atoms with Crippen LogP contribution in [0.5, 0.6) is 0 Å². The minimum atomic E-state index is -0.521. The van der Waals surface area contributed by atoms with Gasteiger partial charge in [-0.15, -0.1) is 0 Å². The predicted molar refractivity (Wildman–Crippen MR) is 91.4 cm³/mol. The van der Waals surface area contributed by atoms with Crippen molar-refractivity contribution in [1.82, 2.24) is 9.55 Å². The summed E-state index contributed by atoms with van der Waals surface area (Å²) in [7, 11) is 0. The van der Waals surface area contributed by atoms with Crippen molar-refractivity contribution in [3.63, 3.8) is 0 Å². The van der Waals surface area contributed by atoms with Crippen molar-refractivity contribution in [2.75, 3.05) is 11.0 Å². The first kappa shape index (κ1) is 16.9. The van der Waals surface area contributed by atoms with Gasteiger partial charge in [0.1, 0.15) is 6.73 Å². The highest BCUT2D eigenvalue weighted by Crippen LogP contribution is 2.05. The molecule has 1 aromatic heterocycles. The highest BCUT2D eigenvalue weighted by molar-refractivity contribution is 14.1. The summed E-state index contributed by atoms with van der Waals surface area (Å²) in [5.74, 6) is 0. The lowest BCUT2D eigenvalue weighted by Crippen LogP contribution is -2.34. The normalized spacial score (nSPS) is 12.3. The molecule has 0 fully saturated rings. The number of alkyl halides is 1. The largest absolute Gasteiger partial charge is 0.394 e. The topological polar surface area (TPSA) is 84.3 Å². The molecule has 0 radical (unpaired) electrons. The van der Waals surface area contributed by atoms with Crippen molar-refractivity contribution in [3.8, 4) is 0 Å². The summed E-state index contributed by atoms with van der Waals surface area (Å²) in [5.41, 5.74) is 0.564. The number of H-pyrrole nitrogens is 1. The molecule has 0 spiro atoms. The van der Waals surface area contributed by atoms with Crippen LogP contribution in [0, 0.1) is 0 Å². The molecule has 1 atom stereocenters. The SMILES string of the molecule is O=c1[nH]c(=O)n(COC(CO)CI)cc1Cc1ccccc1. The smallest absolute Gasteiger partial charge is 0.330 e. The van der Waals surface area contributed by atoms with Crippen LogP contribution in [0.25, 0.3) is 0 Å². The molecule has 0 aliphatic carbocycles. The minimum absolute atomic E-state index is 0.00830. The van der Waals surface area contributed by atoms with Gasteiger partial charge in [0.15, 0.2) is 0 Å². The lowest BCUT2D eigenvalue weighted by atomic mass is 10.1. The zero-order valence-corrected chi connectivity index (χ0v) is 14.0. The number of hydrogen-bond acceptors (Lipinski definition) is 4. The second kappa shape index (κ2) is 8.25. The van der Waals surface area contributed by atoms with Gasteiger partial charge in [-0.3, -0.25) is 14.3 Å². The number of benzene rings is 1. The summed E-state index contributed by atoms with van der Waals surface area (Å²) >= 11 is 2.10. The molecule has 0 amide bonds. The van der Waals surface area contributed by atoms with Gasteiger partial charge in [0, 0.05) is 22.6 Å². The third-order valence-corrected chi connectivity index (χ3v) is 4.13. The van der Waals surface area contributed by atoms with Crippen molar-refractivity contribution in [2.24, 2.45) is 0 Å². The number of aromatic nitrogens is 2. The molecule has 2 N–H and O–H groups in total. The average molecular weight is 416 g/mol. The fraction of sp³-hybridized carbons (Fsp3) is 0.333. The quantitative estimate of drug-likeness (QED) is 0.519. The second-order valence-corrected chi connectivity index (χ2v) is 5.68. The highest BCUT2D eigenvalue weighted by Gasteiger charge is 2.09. The van der Waals surface area contributed by atoms with Gasteiger partial charge >= 0.3 is 5.69 Å². The van der Waals surface area contributed by atoms with E-state index in [9.17, 15) is 9.59 Å². The van der Waals surface area contributed by atoms with Crippen LogP contribution < -0.4 is 11.2 Å². The Morgan fingerprint density at radius 2 is 2.00 bits per heavy atom. The van der Waals surface area contributed by atoms with Crippen LogP contribution in [-0.4, -0.2) is 31.8 Å². The Hall–Kier alpha value is -1.45. The van der Waals surface area contributed by atoms with Crippen LogP contribution in [0.4, 0.5) is 0 Å². The van der Waals surface area contributed by atoms with E-state index in [1.165, 1.54) is 10.8 Å². The number of halogens is 1. The summed E-state index contributed by atoms with van der Waals surface area (Å²) in [5, 5.41) is 9.09. The number of hydrogen-bond donors (Lipinski definition) is 2. The lowest BCUT2D eigenvalue weighted by Gasteiger charge is -2.14. The molecule has 0 bridgehead atoms. The van der Waals surface area contributed by atoms with E-state index >= 15 is 0 Å². The molecule has 0 saturated heterocycles. The zero-order chi connectivity index (χ0) is 15.9. The molecule has 1 unspecified atom stereocenters. The van der Waals surface area contributed by atoms with Gasteiger partial charge in [-0.05, 0) is 5.56 Å². The van der Waals surface area contributed by atoms with E-state index < -0.39 is 11.2 Å². The Balaban J connectivity index is 2.20. The molecule has 2 rings (SSSR count). The Labute approximate surface area is 140 Å². The third-order valence-electron chi connectivity index (χ3n) is 3.15. The van der Waals surface area contributed by atoms with Crippen molar-refractivity contribution >= 4 is 22.6 Å². The molecule has 6 nitrogen and oxygen atoms in total. The van der Waals surface area contributed by atoms with Crippen LogP contribution in [0.2, 0.25) is 0 Å². The fourth-order valence-corrected chi connectivity index (χ4v) is 2.46. The second-order valence-electron chi connectivity index (χ2n) is 4.80. The lowest BCUT2D eigenvalue weighted by molar-refractivity contribution is -0.0106. The van der Waals surface area contributed by atoms with Gasteiger partial charge in [0.05, 0.1) is 12.7 Å². The van der Waals surface area contributed by atoms with Gasteiger partial charge < -0.3 is 9.84 Å². The average Bonchev–Trinajstić information content (AvgIpc) is 2.53. The van der Waals surface area contributed by atoms with Gasteiger partial charge in [0.25, 0.3) is 5.56 Å². The zero-order valence-electron chi connectivity index (χ0n) is 11.9. The Bertz CT molecular complexity index is 707. The van der Waals surface area contributed by atoms with Crippen LogP contribution >= 0.6 is 22.6 Å². The van der Waals surface area contributed by atoms with Gasteiger partial charge in [0.2, 0.25) is 0 Å². The number of nitrogens with one attached hydrogen (secondary N) is 1. The number of ether oxygens (including phenoxy) is 1. The summed E-state index contributed by atoms with van der Waals surface area (Å²) in [6.07, 6.45) is 1.61. The first-order valence-corrected chi connectivity index (χ1v) is 8.31. The van der Waals surface area contributed by atoms with E-state index in [1.807, 2.05) is 30.3 Å². The molecule has 0 aliphatic heterocycles. The maximum atomic E-state index is 11.9. The highest BCUT2D eigenvalue weighted by atomic mass is 127. The van der Waals surface area contributed by atoms with Crippen molar-refractivity contribution in [1.29, 1.82) is 0 Å². The molecule has 7 heteroatoms. The van der Waals surface area contributed by atoms with Crippen LogP contribution in [0.1, 0.15) is 11.1 Å². The first-order valence-electron chi connectivity index (χ1n) is 6.79. The van der Waals surface area contributed by atoms with E-state index in [-0.39, 0.29) is 19.4 Å². The molecular formula is C15H17IN2O4. The molecule has 1 aromatic carbocycles. The number of aliphatic hydroxyl groups excluding tert-OH is 1. The summed E-state index contributed by atoms with van der Waals surface area (Å²) in [6.45, 7) is -0.121. The number of aromatic amines is 1. The van der Waals surface area contributed by atoms with Crippen LogP contribution in [0.15, 0.2) is 46.1 Å². The molecule has 1 heterocycles. The van der Waals surface area contributed by atoms with E-state index in [1.54, 1.807) is 0 Å². The predicted octanol–water partition coefficient (Wildman–Crippen LogP) is 0.897. The number of rotatable bonds is 7. The molecule has 118 valence electrons. The molecular weight excluding hydrogens is 399 g/mol. The monoisotopic (exact) mass is 416 g/mol. The van der Waals surface area contributed by atoms with Crippen molar-refractivity contribution in [3.05, 3.63) is 68.5 Å². The summed E-state index contributed by atoms with van der Waals surface area (Å²) < 4.78 is 7.35. The van der Waals surface area contributed by atoms with E-state index in [0.29, 0.717) is 16.4 Å². The molecule has 22 heavy (non-hydrogen) atoms. The Morgan fingerprint density at radius 3 is 2.64 bits per heavy atom. The minimum Gasteiger partial charge on any atom is -0.394 e. The van der Waals surface area contributed by atoms with E-state index in [2.05, 4.69) is 27.6 Å². The van der Waals surface area contributed by atoms with Gasteiger partial charge in [-0.1, -0.05) is 52.9 Å². The Morgan fingerprint density at radius 1 is 1.27 bits per heavy atom. The first-order chi connectivity index (χ1) is 10.6. The standard InChI is InChI=1S/C15H17IN2O4/c16-7-13(9-19)22-10-18-8-12(14(20)17-15(18)21)6-11-4-2-1-3-5-11/h1-5,8,13,19H,6-7,9-10H2,(H,17,20,21). The molecule has 0 aliphatic rings. The van der Waals surface area contributed by atoms with Crippen LogP contribution in [0.3, 0.4) is 0 Å². The van der Waals surface area contributed by atoms with E-state index in [0.717, 1.165) is 5.56 Å².